The molecule has 0 aliphatic carbocycles. The van der Waals surface area contributed by atoms with E-state index in [4.69, 9.17) is 11.6 Å². The summed E-state index contributed by atoms with van der Waals surface area (Å²) in [7, 11) is 0. The molecule has 0 atom stereocenters. The number of hydrogen-bond donors (Lipinski definition) is 2. The summed E-state index contributed by atoms with van der Waals surface area (Å²) in [4.78, 5) is 35.2. The smallest absolute Gasteiger partial charge is 0.328 e. The maximum atomic E-state index is 12.0. The second-order valence-electron chi connectivity index (χ2n) is 6.15. The second kappa shape index (κ2) is 6.74. The van der Waals surface area contributed by atoms with Crippen LogP contribution in [-0.2, 0) is 16.1 Å². The molecule has 0 saturated carbocycles. The third kappa shape index (κ3) is 3.35. The number of hydrogen-bond acceptors (Lipinski definition) is 3. The highest BCUT2D eigenvalue weighted by molar-refractivity contribution is 6.31. The zero-order chi connectivity index (χ0) is 19.0. The molecule has 1 aliphatic heterocycles. The Kier molecular flexibility index (Phi) is 4.25. The lowest BCUT2D eigenvalue weighted by Gasteiger charge is -2.13. The van der Waals surface area contributed by atoms with Gasteiger partial charge in [0, 0.05) is 34.2 Å². The molecule has 0 unspecified atom stereocenters. The normalized spacial score (nSPS) is 14.3. The highest BCUT2D eigenvalue weighted by atomic mass is 35.5. The van der Waals surface area contributed by atoms with Crippen molar-refractivity contribution in [3.05, 3.63) is 76.5 Å². The Labute approximate surface area is 159 Å². The summed E-state index contributed by atoms with van der Waals surface area (Å²) >= 11 is 5.95. The number of rotatable bonds is 3. The standard InChI is InChI=1S/C20H14ClN3O3/c21-14-7-5-12(6-8-14)10-24-11-13(15-3-1-2-4-17(15)24)9-16-18(25)22-20(27)23-19(16)26/h1-9,11H,10H2,(H2,22,23,25,26,27). The first-order valence-electron chi connectivity index (χ1n) is 8.22. The molecule has 27 heavy (non-hydrogen) atoms. The lowest BCUT2D eigenvalue weighted by molar-refractivity contribution is -0.123. The van der Waals surface area contributed by atoms with Gasteiger partial charge in [0.25, 0.3) is 11.8 Å². The molecule has 134 valence electrons. The van der Waals surface area contributed by atoms with Crippen LogP contribution in [0.5, 0.6) is 0 Å². The predicted octanol–water partition coefficient (Wildman–Crippen LogP) is 3.09. The van der Waals surface area contributed by atoms with Gasteiger partial charge in [-0.1, -0.05) is 41.9 Å². The van der Waals surface area contributed by atoms with E-state index in [1.54, 1.807) is 0 Å². The number of fused-ring (bicyclic) bond motifs is 1. The molecule has 2 N–H and O–H groups in total. The van der Waals surface area contributed by atoms with Crippen molar-refractivity contribution in [2.45, 2.75) is 6.54 Å². The number of imide groups is 2. The van der Waals surface area contributed by atoms with Crippen LogP contribution in [0.2, 0.25) is 5.02 Å². The molecule has 4 amide bonds. The monoisotopic (exact) mass is 379 g/mol. The summed E-state index contributed by atoms with van der Waals surface area (Å²) in [6, 6.07) is 14.5. The fourth-order valence-corrected chi connectivity index (χ4v) is 3.20. The van der Waals surface area contributed by atoms with Crippen molar-refractivity contribution in [2.75, 3.05) is 0 Å². The van der Waals surface area contributed by atoms with Crippen molar-refractivity contribution in [3.63, 3.8) is 0 Å². The Morgan fingerprint density at radius 2 is 1.59 bits per heavy atom. The molecule has 2 aromatic carbocycles. The van der Waals surface area contributed by atoms with Crippen LogP contribution < -0.4 is 10.6 Å². The third-order valence-electron chi connectivity index (χ3n) is 4.33. The van der Waals surface area contributed by atoms with Gasteiger partial charge in [-0.15, -0.1) is 0 Å². The van der Waals surface area contributed by atoms with Gasteiger partial charge in [0.2, 0.25) is 0 Å². The predicted molar refractivity (Wildman–Crippen MR) is 102 cm³/mol. The minimum atomic E-state index is -0.813. The Morgan fingerprint density at radius 3 is 2.30 bits per heavy atom. The van der Waals surface area contributed by atoms with E-state index in [0.29, 0.717) is 17.1 Å². The number of barbiturate groups is 1. The van der Waals surface area contributed by atoms with Crippen LogP contribution in [-0.4, -0.2) is 22.4 Å². The number of nitrogens with zero attached hydrogens (tertiary/aromatic N) is 1. The molecule has 0 radical (unpaired) electrons. The molecule has 0 bridgehead atoms. The summed E-state index contributed by atoms with van der Waals surface area (Å²) in [5.74, 6) is -1.42. The molecule has 7 heteroatoms. The van der Waals surface area contributed by atoms with Gasteiger partial charge in [-0.25, -0.2) is 4.79 Å². The fourth-order valence-electron chi connectivity index (χ4n) is 3.07. The molecule has 0 spiro atoms. The van der Waals surface area contributed by atoms with Gasteiger partial charge < -0.3 is 4.57 Å². The third-order valence-corrected chi connectivity index (χ3v) is 4.58. The Hall–Kier alpha value is -3.38. The number of nitrogens with one attached hydrogen (secondary N) is 2. The Morgan fingerprint density at radius 1 is 0.926 bits per heavy atom. The van der Waals surface area contributed by atoms with Crippen molar-refractivity contribution in [3.8, 4) is 0 Å². The van der Waals surface area contributed by atoms with Crippen molar-refractivity contribution < 1.29 is 14.4 Å². The summed E-state index contributed by atoms with van der Waals surface area (Å²) in [5, 5.41) is 5.74. The van der Waals surface area contributed by atoms with Crippen LogP contribution in [0, 0.1) is 0 Å². The zero-order valence-corrected chi connectivity index (χ0v) is 14.8. The number of aromatic nitrogens is 1. The van der Waals surface area contributed by atoms with E-state index in [0.717, 1.165) is 16.5 Å². The van der Waals surface area contributed by atoms with Gasteiger partial charge in [0.05, 0.1) is 0 Å². The maximum absolute atomic E-state index is 12.0. The first-order chi connectivity index (χ1) is 13.0. The van der Waals surface area contributed by atoms with E-state index in [-0.39, 0.29) is 5.57 Å². The molecular formula is C20H14ClN3O3. The molecular weight excluding hydrogens is 366 g/mol. The number of carbonyl (C=O) groups excluding carboxylic acids is 3. The minimum Gasteiger partial charge on any atom is -0.342 e. The van der Waals surface area contributed by atoms with Crippen LogP contribution in [0.1, 0.15) is 11.1 Å². The summed E-state index contributed by atoms with van der Waals surface area (Å²) in [6.45, 7) is 0.609. The van der Waals surface area contributed by atoms with Crippen LogP contribution in [0.25, 0.3) is 17.0 Å². The number of para-hydroxylation sites is 1. The van der Waals surface area contributed by atoms with E-state index in [9.17, 15) is 14.4 Å². The number of halogens is 1. The quantitative estimate of drug-likeness (QED) is 0.542. The topological polar surface area (TPSA) is 80.2 Å². The van der Waals surface area contributed by atoms with Crippen molar-refractivity contribution in [1.29, 1.82) is 0 Å². The molecule has 1 saturated heterocycles. The number of urea groups is 1. The molecule has 1 fully saturated rings. The number of carbonyl (C=O) groups is 3. The summed E-state index contributed by atoms with van der Waals surface area (Å²) < 4.78 is 2.04. The van der Waals surface area contributed by atoms with Gasteiger partial charge in [0.1, 0.15) is 5.57 Å². The SMILES string of the molecule is O=C1NC(=O)C(=Cc2cn(Cc3ccc(Cl)cc3)c3ccccc23)C(=O)N1. The van der Waals surface area contributed by atoms with Gasteiger partial charge in [0.15, 0.2) is 0 Å². The van der Waals surface area contributed by atoms with E-state index >= 15 is 0 Å². The molecule has 3 aromatic rings. The van der Waals surface area contributed by atoms with Gasteiger partial charge >= 0.3 is 6.03 Å². The van der Waals surface area contributed by atoms with Crippen LogP contribution in [0.15, 0.2) is 60.3 Å². The average Bonchev–Trinajstić information content (AvgIpc) is 2.98. The van der Waals surface area contributed by atoms with Crippen LogP contribution in [0.4, 0.5) is 4.79 Å². The first-order valence-corrected chi connectivity index (χ1v) is 8.60. The molecule has 2 heterocycles. The highest BCUT2D eigenvalue weighted by Gasteiger charge is 2.28. The van der Waals surface area contributed by atoms with Gasteiger partial charge in [-0.05, 0) is 29.8 Å². The average molecular weight is 380 g/mol. The largest absolute Gasteiger partial charge is 0.342 e. The zero-order valence-electron chi connectivity index (χ0n) is 14.0. The number of benzene rings is 2. The van der Waals surface area contributed by atoms with Gasteiger partial charge in [-0.3, -0.25) is 20.2 Å². The summed E-state index contributed by atoms with van der Waals surface area (Å²) in [5.41, 5.74) is 2.64. The lowest BCUT2D eigenvalue weighted by Crippen LogP contribution is -2.51. The van der Waals surface area contributed by atoms with Crippen molar-refractivity contribution >= 4 is 46.4 Å². The highest BCUT2D eigenvalue weighted by Crippen LogP contribution is 2.25. The first kappa shape index (κ1) is 17.1. The Balaban J connectivity index is 1.77. The van der Waals surface area contributed by atoms with E-state index < -0.39 is 17.8 Å². The van der Waals surface area contributed by atoms with Crippen molar-refractivity contribution in [2.24, 2.45) is 0 Å². The maximum Gasteiger partial charge on any atom is 0.328 e. The lowest BCUT2D eigenvalue weighted by atomic mass is 10.1. The second-order valence-corrected chi connectivity index (χ2v) is 6.59. The fraction of sp³-hybridized carbons (Fsp3) is 0.0500. The van der Waals surface area contributed by atoms with E-state index in [2.05, 4.69) is 10.6 Å². The van der Waals surface area contributed by atoms with Crippen molar-refractivity contribution in [1.82, 2.24) is 15.2 Å². The van der Waals surface area contributed by atoms with Gasteiger partial charge in [-0.2, -0.15) is 0 Å². The minimum absolute atomic E-state index is 0.107. The molecule has 6 nitrogen and oxygen atoms in total. The van der Waals surface area contributed by atoms with Crippen LogP contribution in [0.3, 0.4) is 0 Å². The molecule has 4 rings (SSSR count). The number of amides is 4. The van der Waals surface area contributed by atoms with Crippen LogP contribution >= 0.6 is 11.6 Å². The molecule has 1 aliphatic rings. The van der Waals surface area contributed by atoms with E-state index in [1.165, 1.54) is 6.08 Å². The van der Waals surface area contributed by atoms with E-state index in [1.807, 2.05) is 59.3 Å². The Bertz CT molecular complexity index is 1090. The summed E-state index contributed by atoms with van der Waals surface area (Å²) in [6.07, 6.45) is 3.38. The molecule has 1 aromatic heterocycles.